The first-order valence-electron chi connectivity index (χ1n) is 6.13. The van der Waals surface area contributed by atoms with Gasteiger partial charge in [0.1, 0.15) is 11.5 Å². The van der Waals surface area contributed by atoms with Gasteiger partial charge in [0.2, 0.25) is 0 Å². The number of methoxy groups -OCH3 is 1. The largest absolute Gasteiger partial charge is 0.497 e. The number of carboxylic acids is 1. The molecular formula is C14H15NO4S. The van der Waals surface area contributed by atoms with Gasteiger partial charge in [0.05, 0.1) is 18.7 Å². The van der Waals surface area contributed by atoms with E-state index in [4.69, 9.17) is 14.6 Å². The van der Waals surface area contributed by atoms with Crippen LogP contribution in [0.5, 0.6) is 11.5 Å². The van der Waals surface area contributed by atoms with Crippen molar-refractivity contribution >= 4 is 17.3 Å². The maximum absolute atomic E-state index is 10.7. The number of nitrogens with zero attached hydrogens (tertiary/aromatic N) is 1. The van der Waals surface area contributed by atoms with Crippen molar-refractivity contribution < 1.29 is 19.4 Å². The zero-order chi connectivity index (χ0) is 14.4. The summed E-state index contributed by atoms with van der Waals surface area (Å²) in [5.41, 5.74) is 0.112. The Labute approximate surface area is 120 Å². The van der Waals surface area contributed by atoms with E-state index in [1.165, 1.54) is 11.3 Å². The van der Waals surface area contributed by atoms with Gasteiger partial charge in [0, 0.05) is 11.8 Å². The van der Waals surface area contributed by atoms with Gasteiger partial charge < -0.3 is 14.6 Å². The van der Waals surface area contributed by atoms with E-state index < -0.39 is 5.97 Å². The van der Waals surface area contributed by atoms with Gasteiger partial charge in [0.15, 0.2) is 5.69 Å². The predicted molar refractivity (Wildman–Crippen MR) is 75.9 cm³/mol. The van der Waals surface area contributed by atoms with Crippen molar-refractivity contribution in [1.82, 2.24) is 4.98 Å². The molecular weight excluding hydrogens is 278 g/mol. The minimum Gasteiger partial charge on any atom is -0.497 e. The van der Waals surface area contributed by atoms with Gasteiger partial charge in [-0.05, 0) is 30.7 Å². The van der Waals surface area contributed by atoms with E-state index in [-0.39, 0.29) is 5.69 Å². The molecule has 1 aromatic heterocycles. The van der Waals surface area contributed by atoms with Crippen LogP contribution in [0.15, 0.2) is 29.6 Å². The maximum Gasteiger partial charge on any atom is 0.355 e. The first-order valence-corrected chi connectivity index (χ1v) is 7.01. The summed E-state index contributed by atoms with van der Waals surface area (Å²) in [6.07, 6.45) is 1.51. The van der Waals surface area contributed by atoms with E-state index in [1.807, 2.05) is 24.3 Å². The number of aromatic nitrogens is 1. The number of ether oxygens (including phenoxy) is 2. The van der Waals surface area contributed by atoms with E-state index in [2.05, 4.69) is 4.98 Å². The molecule has 0 fully saturated rings. The molecule has 0 bridgehead atoms. The van der Waals surface area contributed by atoms with Gasteiger partial charge in [0.25, 0.3) is 0 Å². The average molecular weight is 293 g/mol. The van der Waals surface area contributed by atoms with Crippen LogP contribution in [0.4, 0.5) is 0 Å². The van der Waals surface area contributed by atoms with E-state index in [0.717, 1.165) is 22.9 Å². The van der Waals surface area contributed by atoms with Crippen LogP contribution in [-0.2, 0) is 6.42 Å². The lowest BCUT2D eigenvalue weighted by atomic mass is 10.3. The molecule has 1 aromatic carbocycles. The fraction of sp³-hybridized carbons (Fsp3) is 0.286. The lowest BCUT2D eigenvalue weighted by Crippen LogP contribution is -2.00. The molecule has 6 heteroatoms. The normalized spacial score (nSPS) is 10.2. The molecule has 0 saturated carbocycles. The Balaban J connectivity index is 1.73. The van der Waals surface area contributed by atoms with Crippen LogP contribution in [0.2, 0.25) is 0 Å². The van der Waals surface area contributed by atoms with Crippen molar-refractivity contribution in [2.24, 2.45) is 0 Å². The second-order valence-corrected chi connectivity index (χ2v) is 5.00. The van der Waals surface area contributed by atoms with Crippen molar-refractivity contribution in [1.29, 1.82) is 0 Å². The molecule has 0 atom stereocenters. The quantitative estimate of drug-likeness (QED) is 0.795. The molecule has 0 unspecified atom stereocenters. The van der Waals surface area contributed by atoms with Crippen LogP contribution in [-0.4, -0.2) is 29.8 Å². The minimum atomic E-state index is -0.984. The maximum atomic E-state index is 10.7. The monoisotopic (exact) mass is 293 g/mol. The number of carboxylic acid groups (broad SMARTS) is 1. The molecule has 0 aliphatic rings. The molecule has 0 aliphatic carbocycles. The first-order chi connectivity index (χ1) is 9.69. The molecule has 0 saturated heterocycles. The highest BCUT2D eigenvalue weighted by Crippen LogP contribution is 2.17. The Morgan fingerprint density at radius 1 is 1.30 bits per heavy atom. The van der Waals surface area contributed by atoms with Crippen molar-refractivity contribution in [3.8, 4) is 11.5 Å². The number of benzene rings is 1. The van der Waals surface area contributed by atoms with E-state index >= 15 is 0 Å². The van der Waals surface area contributed by atoms with Gasteiger partial charge in [-0.1, -0.05) is 0 Å². The second kappa shape index (κ2) is 6.91. The number of carbonyl (C=O) groups is 1. The summed E-state index contributed by atoms with van der Waals surface area (Å²) in [4.78, 5) is 14.7. The Kier molecular flexibility index (Phi) is 4.95. The predicted octanol–water partition coefficient (Wildman–Crippen LogP) is 2.86. The van der Waals surface area contributed by atoms with Crippen LogP contribution < -0.4 is 9.47 Å². The van der Waals surface area contributed by atoms with Gasteiger partial charge >= 0.3 is 5.97 Å². The summed E-state index contributed by atoms with van der Waals surface area (Å²) in [7, 11) is 1.62. The molecule has 5 nitrogen and oxygen atoms in total. The lowest BCUT2D eigenvalue weighted by molar-refractivity contribution is 0.0691. The Morgan fingerprint density at radius 3 is 2.60 bits per heavy atom. The van der Waals surface area contributed by atoms with Crippen LogP contribution in [0.25, 0.3) is 0 Å². The summed E-state index contributed by atoms with van der Waals surface area (Å²) in [6, 6.07) is 7.39. The summed E-state index contributed by atoms with van der Waals surface area (Å²) in [5.74, 6) is 0.597. The van der Waals surface area contributed by atoms with Crippen LogP contribution >= 0.6 is 11.3 Å². The fourth-order valence-electron chi connectivity index (χ4n) is 1.61. The molecule has 2 aromatic rings. The molecule has 2 rings (SSSR count). The minimum absolute atomic E-state index is 0.112. The summed E-state index contributed by atoms with van der Waals surface area (Å²) >= 11 is 1.37. The molecule has 20 heavy (non-hydrogen) atoms. The van der Waals surface area contributed by atoms with Crippen molar-refractivity contribution in [2.75, 3.05) is 13.7 Å². The van der Waals surface area contributed by atoms with Crippen LogP contribution in [0.3, 0.4) is 0 Å². The van der Waals surface area contributed by atoms with Crippen LogP contribution in [0, 0.1) is 0 Å². The Bertz CT molecular complexity index is 565. The summed E-state index contributed by atoms with van der Waals surface area (Å²) < 4.78 is 10.7. The number of aryl methyl sites for hydroxylation is 1. The van der Waals surface area contributed by atoms with Crippen molar-refractivity contribution in [3.05, 3.63) is 40.3 Å². The number of aromatic carboxylic acids is 1. The van der Waals surface area contributed by atoms with Crippen LogP contribution in [0.1, 0.15) is 21.9 Å². The van der Waals surface area contributed by atoms with Crippen molar-refractivity contribution in [2.45, 2.75) is 12.8 Å². The topological polar surface area (TPSA) is 68.7 Å². The molecule has 0 spiro atoms. The highest BCUT2D eigenvalue weighted by Gasteiger charge is 2.08. The number of hydrogen-bond acceptors (Lipinski definition) is 5. The average Bonchev–Trinajstić information content (AvgIpc) is 2.93. The van der Waals surface area contributed by atoms with Crippen molar-refractivity contribution in [3.63, 3.8) is 0 Å². The highest BCUT2D eigenvalue weighted by atomic mass is 32.1. The lowest BCUT2D eigenvalue weighted by Gasteiger charge is -2.06. The molecule has 1 N–H and O–H groups in total. The molecule has 0 radical (unpaired) electrons. The van der Waals surface area contributed by atoms with E-state index in [0.29, 0.717) is 13.0 Å². The van der Waals surface area contributed by atoms with Gasteiger partial charge in [-0.3, -0.25) is 0 Å². The highest BCUT2D eigenvalue weighted by molar-refractivity contribution is 7.09. The zero-order valence-electron chi connectivity index (χ0n) is 11.0. The summed E-state index contributed by atoms with van der Waals surface area (Å²) in [6.45, 7) is 0.564. The second-order valence-electron chi connectivity index (χ2n) is 4.06. The Morgan fingerprint density at radius 2 is 2.00 bits per heavy atom. The molecule has 106 valence electrons. The van der Waals surface area contributed by atoms with Gasteiger partial charge in [-0.25, -0.2) is 9.78 Å². The third-order valence-corrected chi connectivity index (χ3v) is 3.54. The first kappa shape index (κ1) is 14.3. The molecule has 0 aliphatic heterocycles. The van der Waals surface area contributed by atoms with Gasteiger partial charge in [-0.2, -0.15) is 0 Å². The number of thiazole rings is 1. The standard InChI is InChI=1S/C14H15NO4S/c1-18-10-4-6-11(7-5-10)19-8-2-3-13-15-12(9-20-13)14(16)17/h4-7,9H,2-3,8H2,1H3,(H,16,17). The fourth-order valence-corrected chi connectivity index (χ4v) is 2.42. The Hall–Kier alpha value is -2.08. The third-order valence-electron chi connectivity index (χ3n) is 2.63. The summed E-state index contributed by atoms with van der Waals surface area (Å²) in [5, 5.41) is 11.1. The van der Waals surface area contributed by atoms with E-state index in [1.54, 1.807) is 12.5 Å². The molecule has 1 heterocycles. The number of hydrogen-bond donors (Lipinski definition) is 1. The SMILES string of the molecule is COc1ccc(OCCCc2nc(C(=O)O)cs2)cc1. The smallest absolute Gasteiger partial charge is 0.355 e. The third kappa shape index (κ3) is 3.96. The van der Waals surface area contributed by atoms with E-state index in [9.17, 15) is 4.79 Å². The molecule has 0 amide bonds. The zero-order valence-corrected chi connectivity index (χ0v) is 11.9. The number of rotatable bonds is 7. The van der Waals surface area contributed by atoms with Gasteiger partial charge in [-0.15, -0.1) is 11.3 Å².